The van der Waals surface area contributed by atoms with Crippen LogP contribution in [0.5, 0.6) is 5.75 Å². The fourth-order valence-corrected chi connectivity index (χ4v) is 2.96. The van der Waals surface area contributed by atoms with Crippen molar-refractivity contribution in [3.05, 3.63) is 92.6 Å². The lowest BCUT2D eigenvalue weighted by Crippen LogP contribution is -2.08. The molecule has 0 spiro atoms. The van der Waals surface area contributed by atoms with Crippen LogP contribution in [0.3, 0.4) is 0 Å². The number of allylic oxidation sites excluding steroid dienone is 1. The van der Waals surface area contributed by atoms with Crippen molar-refractivity contribution in [3.63, 3.8) is 0 Å². The molecule has 0 unspecified atom stereocenters. The summed E-state index contributed by atoms with van der Waals surface area (Å²) in [5, 5.41) is 1.96. The molecule has 0 bridgehead atoms. The molecular formula is C20H13BrO3S. The number of ether oxygens (including phenoxy) is 1. The molecule has 25 heavy (non-hydrogen) atoms. The zero-order valence-electron chi connectivity index (χ0n) is 13.0. The van der Waals surface area contributed by atoms with Crippen LogP contribution in [-0.4, -0.2) is 11.8 Å². The summed E-state index contributed by atoms with van der Waals surface area (Å²) in [6, 6.07) is 17.3. The highest BCUT2D eigenvalue weighted by Crippen LogP contribution is 2.17. The van der Waals surface area contributed by atoms with Crippen LogP contribution in [0.15, 0.2) is 76.6 Å². The predicted octanol–water partition coefficient (Wildman–Crippen LogP) is 5.63. The fourth-order valence-electron chi connectivity index (χ4n) is 2.08. The Bertz CT molecular complexity index is 895. The van der Waals surface area contributed by atoms with Gasteiger partial charge in [-0.25, -0.2) is 4.79 Å². The molecule has 2 aromatic carbocycles. The van der Waals surface area contributed by atoms with Crippen LogP contribution in [0.25, 0.3) is 6.08 Å². The average molecular weight is 413 g/mol. The monoisotopic (exact) mass is 412 g/mol. The number of carbonyl (C=O) groups is 2. The number of hydrogen-bond donors (Lipinski definition) is 0. The van der Waals surface area contributed by atoms with E-state index < -0.39 is 5.97 Å². The summed E-state index contributed by atoms with van der Waals surface area (Å²) in [7, 11) is 0. The highest BCUT2D eigenvalue weighted by molar-refractivity contribution is 9.10. The highest BCUT2D eigenvalue weighted by Gasteiger charge is 2.09. The molecule has 1 aromatic heterocycles. The second kappa shape index (κ2) is 8.05. The molecule has 3 nitrogen and oxygen atoms in total. The Labute approximate surface area is 157 Å². The molecular weight excluding hydrogens is 400 g/mol. The molecule has 0 aliphatic carbocycles. The fraction of sp³-hybridized carbons (Fsp3) is 0. The van der Waals surface area contributed by atoms with Gasteiger partial charge in [0.2, 0.25) is 0 Å². The molecule has 3 rings (SSSR count). The lowest BCUT2D eigenvalue weighted by Gasteiger charge is -2.05. The molecule has 0 fully saturated rings. The molecule has 124 valence electrons. The van der Waals surface area contributed by atoms with E-state index in [9.17, 15) is 9.59 Å². The van der Waals surface area contributed by atoms with Gasteiger partial charge in [0.05, 0.1) is 5.56 Å². The maximum atomic E-state index is 12.1. The van der Waals surface area contributed by atoms with Crippen molar-refractivity contribution in [1.29, 1.82) is 0 Å². The van der Waals surface area contributed by atoms with Crippen molar-refractivity contribution in [1.82, 2.24) is 0 Å². The number of benzene rings is 2. The Morgan fingerprint density at radius 1 is 0.920 bits per heavy atom. The lowest BCUT2D eigenvalue weighted by atomic mass is 10.1. The minimum absolute atomic E-state index is 0.0980. The van der Waals surface area contributed by atoms with E-state index in [0.29, 0.717) is 16.9 Å². The number of rotatable bonds is 5. The summed E-state index contributed by atoms with van der Waals surface area (Å²) in [6.07, 6.45) is 3.32. The number of esters is 1. The molecule has 5 heteroatoms. The Kier molecular flexibility index (Phi) is 5.58. The summed E-state index contributed by atoms with van der Waals surface area (Å²) < 4.78 is 6.20. The van der Waals surface area contributed by atoms with Crippen LogP contribution < -0.4 is 4.74 Å². The van der Waals surface area contributed by atoms with Gasteiger partial charge in [-0.2, -0.15) is 0 Å². The molecule has 0 aliphatic rings. The maximum Gasteiger partial charge on any atom is 0.343 e. The Balaban J connectivity index is 1.64. The van der Waals surface area contributed by atoms with Crippen LogP contribution in [-0.2, 0) is 0 Å². The summed E-state index contributed by atoms with van der Waals surface area (Å²) >= 11 is 4.89. The number of carbonyl (C=O) groups excluding carboxylic acids is 2. The Hall–Kier alpha value is -2.50. The zero-order chi connectivity index (χ0) is 17.6. The topological polar surface area (TPSA) is 43.4 Å². The highest BCUT2D eigenvalue weighted by atomic mass is 79.9. The zero-order valence-corrected chi connectivity index (χ0v) is 15.4. The van der Waals surface area contributed by atoms with Gasteiger partial charge in [-0.15, -0.1) is 11.3 Å². The first-order valence-corrected chi connectivity index (χ1v) is 9.13. The van der Waals surface area contributed by atoms with Gasteiger partial charge < -0.3 is 4.74 Å². The molecule has 0 N–H and O–H groups in total. The minimum atomic E-state index is -0.441. The molecule has 0 atom stereocenters. The number of hydrogen-bond acceptors (Lipinski definition) is 4. The first kappa shape index (κ1) is 17.3. The second-order valence-electron chi connectivity index (χ2n) is 5.13. The van der Waals surface area contributed by atoms with Gasteiger partial charge in [0.1, 0.15) is 5.75 Å². The molecule has 0 saturated carbocycles. The molecule has 0 amide bonds. The van der Waals surface area contributed by atoms with E-state index in [1.807, 2.05) is 17.5 Å². The summed E-state index contributed by atoms with van der Waals surface area (Å²) in [6.45, 7) is 0. The summed E-state index contributed by atoms with van der Waals surface area (Å²) in [5.41, 5.74) is 0.999. The van der Waals surface area contributed by atoms with E-state index in [-0.39, 0.29) is 5.78 Å². The van der Waals surface area contributed by atoms with Crippen molar-refractivity contribution < 1.29 is 14.3 Å². The van der Waals surface area contributed by atoms with Gasteiger partial charge in [-0.1, -0.05) is 22.0 Å². The molecule has 3 aromatic rings. The van der Waals surface area contributed by atoms with Crippen molar-refractivity contribution >= 4 is 45.1 Å². The smallest absolute Gasteiger partial charge is 0.343 e. The first-order chi connectivity index (χ1) is 12.1. The minimum Gasteiger partial charge on any atom is -0.423 e. The van der Waals surface area contributed by atoms with E-state index in [0.717, 1.165) is 9.35 Å². The van der Waals surface area contributed by atoms with Gasteiger partial charge in [-0.3, -0.25) is 4.79 Å². The van der Waals surface area contributed by atoms with Gasteiger partial charge in [0.25, 0.3) is 0 Å². The van der Waals surface area contributed by atoms with Crippen molar-refractivity contribution in [2.45, 2.75) is 0 Å². The number of thiophene rings is 1. The van der Waals surface area contributed by atoms with Crippen LogP contribution >= 0.6 is 27.3 Å². The Morgan fingerprint density at radius 3 is 2.24 bits per heavy atom. The molecule has 0 radical (unpaired) electrons. The third kappa shape index (κ3) is 4.75. The lowest BCUT2D eigenvalue weighted by molar-refractivity contribution is 0.0734. The van der Waals surface area contributed by atoms with Crippen molar-refractivity contribution in [3.8, 4) is 5.75 Å². The van der Waals surface area contributed by atoms with E-state index >= 15 is 0 Å². The normalized spacial score (nSPS) is 10.8. The van der Waals surface area contributed by atoms with Gasteiger partial charge in [0.15, 0.2) is 5.78 Å². The van der Waals surface area contributed by atoms with E-state index in [1.54, 1.807) is 65.9 Å². The third-order valence-electron chi connectivity index (χ3n) is 3.37. The summed E-state index contributed by atoms with van der Waals surface area (Å²) in [4.78, 5) is 25.2. The van der Waals surface area contributed by atoms with E-state index in [4.69, 9.17) is 4.74 Å². The van der Waals surface area contributed by atoms with Crippen LogP contribution in [0.4, 0.5) is 0 Å². The van der Waals surface area contributed by atoms with Gasteiger partial charge >= 0.3 is 5.97 Å². The van der Waals surface area contributed by atoms with Crippen molar-refractivity contribution in [2.24, 2.45) is 0 Å². The quantitative estimate of drug-likeness (QED) is 0.236. The van der Waals surface area contributed by atoms with Gasteiger partial charge in [0, 0.05) is 14.9 Å². The number of halogens is 1. The molecule has 0 saturated heterocycles. The largest absolute Gasteiger partial charge is 0.423 e. The maximum absolute atomic E-state index is 12.1. The summed E-state index contributed by atoms with van der Waals surface area (Å²) in [5.74, 6) is -0.143. The first-order valence-electron chi connectivity index (χ1n) is 7.45. The van der Waals surface area contributed by atoms with Gasteiger partial charge in [-0.05, 0) is 72.1 Å². The predicted molar refractivity (Wildman–Crippen MR) is 103 cm³/mol. The average Bonchev–Trinajstić information content (AvgIpc) is 3.14. The SMILES string of the molecule is O=C(C=Cc1cccs1)c1ccc(OC(=O)c2ccc(Br)cc2)cc1. The van der Waals surface area contributed by atoms with E-state index in [2.05, 4.69) is 15.9 Å². The van der Waals surface area contributed by atoms with Crippen LogP contribution in [0.2, 0.25) is 0 Å². The number of ketones is 1. The molecule has 1 heterocycles. The van der Waals surface area contributed by atoms with Crippen LogP contribution in [0.1, 0.15) is 25.6 Å². The second-order valence-corrected chi connectivity index (χ2v) is 7.03. The standard InChI is InChI=1S/C20H13BrO3S/c21-16-7-3-15(4-8-16)20(23)24-17-9-5-14(6-10-17)19(22)12-11-18-2-1-13-25-18/h1-13H. The van der Waals surface area contributed by atoms with Crippen molar-refractivity contribution in [2.75, 3.05) is 0 Å². The Morgan fingerprint density at radius 2 is 1.60 bits per heavy atom. The van der Waals surface area contributed by atoms with Crippen LogP contribution in [0, 0.1) is 0 Å². The molecule has 0 aliphatic heterocycles. The van der Waals surface area contributed by atoms with E-state index in [1.165, 1.54) is 6.08 Å². The third-order valence-corrected chi connectivity index (χ3v) is 4.74.